The number of rotatable bonds is 5. The summed E-state index contributed by atoms with van der Waals surface area (Å²) in [5, 5.41) is 19.2. The largest absolute Gasteiger partial charge is 0.457 e. The van der Waals surface area contributed by atoms with E-state index in [0.29, 0.717) is 22.7 Å². The molecule has 0 aliphatic carbocycles. The summed E-state index contributed by atoms with van der Waals surface area (Å²) in [4.78, 5) is 10.8. The maximum absolute atomic E-state index is 10.8. The number of amides is 1. The SMILES string of the molecule is NC(=O)C(O)C(O)c1ccc(Oc2ccc(N)cc2)cc1. The highest BCUT2D eigenvalue weighted by molar-refractivity contribution is 5.79. The normalized spacial score (nSPS) is 13.4. The van der Waals surface area contributed by atoms with Crippen LogP contribution in [0, 0.1) is 0 Å². The number of nitrogens with two attached hydrogens (primary N) is 2. The molecule has 0 heterocycles. The van der Waals surface area contributed by atoms with Crippen LogP contribution in [0.3, 0.4) is 0 Å². The molecule has 2 aromatic carbocycles. The molecule has 21 heavy (non-hydrogen) atoms. The molecule has 0 saturated carbocycles. The molecule has 0 saturated heterocycles. The third kappa shape index (κ3) is 3.71. The summed E-state index contributed by atoms with van der Waals surface area (Å²) in [5.41, 5.74) is 11.5. The van der Waals surface area contributed by atoms with Crippen LogP contribution in [0.25, 0.3) is 0 Å². The second kappa shape index (κ2) is 6.25. The Balaban J connectivity index is 2.08. The molecule has 2 atom stereocenters. The lowest BCUT2D eigenvalue weighted by Crippen LogP contribution is -2.33. The summed E-state index contributed by atoms with van der Waals surface area (Å²) in [6, 6.07) is 13.2. The molecule has 0 aliphatic heterocycles. The topological polar surface area (TPSA) is 119 Å². The van der Waals surface area contributed by atoms with Gasteiger partial charge in [0.25, 0.3) is 0 Å². The van der Waals surface area contributed by atoms with Gasteiger partial charge in [-0.1, -0.05) is 12.1 Å². The number of carbonyl (C=O) groups is 1. The highest BCUT2D eigenvalue weighted by atomic mass is 16.5. The molecule has 2 aromatic rings. The van der Waals surface area contributed by atoms with E-state index in [4.69, 9.17) is 16.2 Å². The van der Waals surface area contributed by atoms with Crippen molar-refractivity contribution < 1.29 is 19.7 Å². The number of hydrogen-bond acceptors (Lipinski definition) is 5. The van der Waals surface area contributed by atoms with Gasteiger partial charge in [-0.2, -0.15) is 0 Å². The summed E-state index contributed by atoms with van der Waals surface area (Å²) >= 11 is 0. The van der Waals surface area contributed by atoms with Gasteiger partial charge in [-0.15, -0.1) is 0 Å². The van der Waals surface area contributed by atoms with Gasteiger partial charge in [0, 0.05) is 5.69 Å². The number of ether oxygens (including phenoxy) is 1. The van der Waals surface area contributed by atoms with E-state index in [2.05, 4.69) is 0 Å². The molecule has 0 radical (unpaired) electrons. The molecule has 1 amide bonds. The lowest BCUT2D eigenvalue weighted by Gasteiger charge is -2.15. The second-order valence-electron chi connectivity index (χ2n) is 4.53. The van der Waals surface area contributed by atoms with Crippen LogP contribution < -0.4 is 16.2 Å². The van der Waals surface area contributed by atoms with E-state index in [1.807, 2.05) is 0 Å². The zero-order chi connectivity index (χ0) is 15.4. The fourth-order valence-electron chi connectivity index (χ4n) is 1.74. The van der Waals surface area contributed by atoms with Crippen molar-refractivity contribution in [1.29, 1.82) is 0 Å². The van der Waals surface area contributed by atoms with Crippen molar-refractivity contribution >= 4 is 11.6 Å². The minimum Gasteiger partial charge on any atom is -0.457 e. The molecule has 6 heteroatoms. The van der Waals surface area contributed by atoms with E-state index in [1.54, 1.807) is 48.5 Å². The third-order valence-electron chi connectivity index (χ3n) is 2.93. The molecule has 0 fully saturated rings. The van der Waals surface area contributed by atoms with E-state index in [0.717, 1.165) is 0 Å². The number of nitrogen functional groups attached to an aromatic ring is 1. The van der Waals surface area contributed by atoms with Gasteiger partial charge in [0.1, 0.15) is 17.6 Å². The first-order valence-electron chi connectivity index (χ1n) is 6.26. The molecule has 0 spiro atoms. The van der Waals surface area contributed by atoms with Gasteiger partial charge in [-0.05, 0) is 42.0 Å². The van der Waals surface area contributed by atoms with Crippen LogP contribution in [0.4, 0.5) is 5.69 Å². The smallest absolute Gasteiger partial charge is 0.249 e. The van der Waals surface area contributed by atoms with Gasteiger partial charge >= 0.3 is 0 Å². The molecular weight excluding hydrogens is 272 g/mol. The van der Waals surface area contributed by atoms with Crippen molar-refractivity contribution in [3.05, 3.63) is 54.1 Å². The predicted molar refractivity (Wildman–Crippen MR) is 77.5 cm³/mol. The molecule has 0 aromatic heterocycles. The van der Waals surface area contributed by atoms with Crippen LogP contribution in [-0.2, 0) is 4.79 Å². The Labute approximate surface area is 121 Å². The monoisotopic (exact) mass is 288 g/mol. The maximum Gasteiger partial charge on any atom is 0.249 e. The molecule has 110 valence electrons. The Morgan fingerprint density at radius 1 is 0.952 bits per heavy atom. The first kappa shape index (κ1) is 14.8. The molecule has 0 aliphatic rings. The first-order valence-corrected chi connectivity index (χ1v) is 6.26. The summed E-state index contributed by atoms with van der Waals surface area (Å²) in [5.74, 6) is 0.184. The summed E-state index contributed by atoms with van der Waals surface area (Å²) in [6.07, 6.45) is -3.01. The van der Waals surface area contributed by atoms with Gasteiger partial charge in [-0.25, -0.2) is 0 Å². The third-order valence-corrected chi connectivity index (χ3v) is 2.93. The minimum absolute atomic E-state index is 0.367. The zero-order valence-corrected chi connectivity index (χ0v) is 11.1. The number of aliphatic hydroxyl groups is 2. The van der Waals surface area contributed by atoms with Crippen molar-refractivity contribution in [3.8, 4) is 11.5 Å². The molecule has 2 unspecified atom stereocenters. The number of aliphatic hydroxyl groups excluding tert-OH is 2. The highest BCUT2D eigenvalue weighted by Crippen LogP contribution is 2.25. The average Bonchev–Trinajstić information content (AvgIpc) is 2.49. The van der Waals surface area contributed by atoms with Crippen LogP contribution in [0.2, 0.25) is 0 Å². The molecule has 2 rings (SSSR count). The number of hydrogen-bond donors (Lipinski definition) is 4. The standard InChI is InChI=1S/C15H16N2O4/c16-10-3-7-12(8-4-10)21-11-5-1-9(2-6-11)13(18)14(19)15(17)20/h1-8,13-14,18-19H,16H2,(H2,17,20). The van der Waals surface area contributed by atoms with Gasteiger partial charge in [0.2, 0.25) is 5.91 Å². The van der Waals surface area contributed by atoms with Gasteiger partial charge < -0.3 is 26.4 Å². The zero-order valence-electron chi connectivity index (χ0n) is 11.1. The Morgan fingerprint density at radius 2 is 1.43 bits per heavy atom. The average molecular weight is 288 g/mol. The van der Waals surface area contributed by atoms with E-state index < -0.39 is 18.1 Å². The van der Waals surface area contributed by atoms with Crippen molar-refractivity contribution in [2.75, 3.05) is 5.73 Å². The van der Waals surface area contributed by atoms with Crippen LogP contribution in [0.5, 0.6) is 11.5 Å². The predicted octanol–water partition coefficient (Wildman–Crippen LogP) is 0.941. The van der Waals surface area contributed by atoms with Crippen molar-refractivity contribution in [1.82, 2.24) is 0 Å². The van der Waals surface area contributed by atoms with E-state index >= 15 is 0 Å². The minimum atomic E-state index is -1.64. The summed E-state index contributed by atoms with van der Waals surface area (Å²) in [7, 11) is 0. The van der Waals surface area contributed by atoms with Crippen LogP contribution in [-0.4, -0.2) is 22.2 Å². The van der Waals surface area contributed by atoms with Crippen molar-refractivity contribution in [2.24, 2.45) is 5.73 Å². The van der Waals surface area contributed by atoms with Gasteiger partial charge in [0.05, 0.1) is 0 Å². The van der Waals surface area contributed by atoms with Crippen LogP contribution >= 0.6 is 0 Å². The number of carbonyl (C=O) groups excluding carboxylic acids is 1. The number of anilines is 1. The Kier molecular flexibility index (Phi) is 4.42. The first-order chi connectivity index (χ1) is 9.97. The van der Waals surface area contributed by atoms with Crippen LogP contribution in [0.15, 0.2) is 48.5 Å². The molecule has 0 bridgehead atoms. The second-order valence-corrected chi connectivity index (χ2v) is 4.53. The van der Waals surface area contributed by atoms with E-state index in [9.17, 15) is 15.0 Å². The maximum atomic E-state index is 10.8. The lowest BCUT2D eigenvalue weighted by molar-refractivity contribution is -0.131. The lowest BCUT2D eigenvalue weighted by atomic mass is 10.0. The fourth-order valence-corrected chi connectivity index (χ4v) is 1.74. The van der Waals surface area contributed by atoms with E-state index in [-0.39, 0.29) is 0 Å². The number of benzene rings is 2. The Morgan fingerprint density at radius 3 is 1.90 bits per heavy atom. The van der Waals surface area contributed by atoms with Crippen LogP contribution in [0.1, 0.15) is 11.7 Å². The summed E-state index contributed by atoms with van der Waals surface area (Å²) < 4.78 is 5.58. The number of primary amides is 1. The van der Waals surface area contributed by atoms with E-state index in [1.165, 1.54) is 0 Å². The summed E-state index contributed by atoms with van der Waals surface area (Å²) in [6.45, 7) is 0. The highest BCUT2D eigenvalue weighted by Gasteiger charge is 2.23. The van der Waals surface area contributed by atoms with Crippen molar-refractivity contribution in [2.45, 2.75) is 12.2 Å². The Hall–Kier alpha value is -2.57. The molecule has 6 N–H and O–H groups in total. The quantitative estimate of drug-likeness (QED) is 0.610. The van der Waals surface area contributed by atoms with Crippen molar-refractivity contribution in [3.63, 3.8) is 0 Å². The Bertz CT molecular complexity index is 611. The van der Waals surface area contributed by atoms with Gasteiger partial charge in [-0.3, -0.25) is 4.79 Å². The fraction of sp³-hybridized carbons (Fsp3) is 0.133. The van der Waals surface area contributed by atoms with Gasteiger partial charge in [0.15, 0.2) is 6.10 Å². The molecular formula is C15H16N2O4. The molecule has 6 nitrogen and oxygen atoms in total.